The zero-order valence-corrected chi connectivity index (χ0v) is 9.18. The molecule has 0 amide bonds. The van der Waals surface area contributed by atoms with Crippen molar-refractivity contribution in [3.8, 4) is 5.75 Å². The molecule has 1 aromatic rings. The van der Waals surface area contributed by atoms with E-state index in [1.54, 1.807) is 12.3 Å². The van der Waals surface area contributed by atoms with E-state index in [-0.39, 0.29) is 0 Å². The summed E-state index contributed by atoms with van der Waals surface area (Å²) >= 11 is 11.5. The Morgan fingerprint density at radius 1 is 1.29 bits per heavy atom. The topological polar surface area (TPSA) is 22.1 Å². The van der Waals surface area contributed by atoms with Crippen LogP contribution in [0, 0.1) is 0 Å². The minimum absolute atomic E-state index is 0.324. The lowest BCUT2D eigenvalue weighted by molar-refractivity contribution is 0.209. The van der Waals surface area contributed by atoms with Gasteiger partial charge < -0.3 is 4.74 Å². The van der Waals surface area contributed by atoms with Crippen LogP contribution in [0.2, 0.25) is 10.2 Å². The predicted molar refractivity (Wildman–Crippen MR) is 57.1 cm³/mol. The van der Waals surface area contributed by atoms with Crippen molar-refractivity contribution in [2.24, 2.45) is 0 Å². The summed E-state index contributed by atoms with van der Waals surface area (Å²) in [5.74, 6) is 0.714. The minimum Gasteiger partial charge on any atom is -0.489 e. The Balaban J connectivity index is 2.05. The third-order valence-electron chi connectivity index (χ3n) is 2.38. The van der Waals surface area contributed by atoms with Crippen LogP contribution >= 0.6 is 23.2 Å². The van der Waals surface area contributed by atoms with Gasteiger partial charge in [0.1, 0.15) is 10.9 Å². The maximum atomic E-state index is 5.82. The molecule has 14 heavy (non-hydrogen) atoms. The number of nitrogens with zero attached hydrogens (tertiary/aromatic N) is 1. The van der Waals surface area contributed by atoms with Gasteiger partial charge in [-0.1, -0.05) is 23.2 Å². The molecule has 0 N–H and O–H groups in total. The molecular formula is C10H11Cl2NO. The lowest BCUT2D eigenvalue weighted by Crippen LogP contribution is -2.10. The smallest absolute Gasteiger partial charge is 0.147 e. The van der Waals surface area contributed by atoms with Crippen molar-refractivity contribution in [3.05, 3.63) is 22.4 Å². The lowest BCUT2D eigenvalue weighted by atomic mass is 10.3. The molecule has 1 fully saturated rings. The summed E-state index contributed by atoms with van der Waals surface area (Å²) < 4.78 is 5.71. The number of halogens is 2. The first-order valence-electron chi connectivity index (χ1n) is 4.73. The Morgan fingerprint density at radius 2 is 2.00 bits per heavy atom. The van der Waals surface area contributed by atoms with Crippen molar-refractivity contribution in [1.29, 1.82) is 0 Å². The molecule has 0 bridgehead atoms. The van der Waals surface area contributed by atoms with Gasteiger partial charge in [-0.15, -0.1) is 0 Å². The van der Waals surface area contributed by atoms with E-state index in [4.69, 9.17) is 27.9 Å². The van der Waals surface area contributed by atoms with Gasteiger partial charge in [-0.25, -0.2) is 4.98 Å². The second kappa shape index (κ2) is 4.37. The summed E-state index contributed by atoms with van der Waals surface area (Å²) in [7, 11) is 0. The van der Waals surface area contributed by atoms with Gasteiger partial charge >= 0.3 is 0 Å². The molecule has 1 heterocycles. The van der Waals surface area contributed by atoms with Gasteiger partial charge in [-0.2, -0.15) is 0 Å². The Bertz CT molecular complexity index is 324. The van der Waals surface area contributed by atoms with E-state index >= 15 is 0 Å². The van der Waals surface area contributed by atoms with Crippen LogP contribution in [0.3, 0.4) is 0 Å². The molecule has 2 rings (SSSR count). The molecule has 76 valence electrons. The molecule has 0 atom stereocenters. The van der Waals surface area contributed by atoms with Crippen LogP contribution in [0.1, 0.15) is 25.7 Å². The molecule has 0 saturated heterocycles. The maximum Gasteiger partial charge on any atom is 0.147 e. The first-order chi connectivity index (χ1) is 6.75. The van der Waals surface area contributed by atoms with E-state index in [9.17, 15) is 0 Å². The van der Waals surface area contributed by atoms with Gasteiger partial charge in [-0.3, -0.25) is 0 Å². The monoisotopic (exact) mass is 231 g/mol. The second-order valence-corrected chi connectivity index (χ2v) is 4.23. The van der Waals surface area contributed by atoms with Crippen molar-refractivity contribution >= 4 is 23.2 Å². The normalized spacial score (nSPS) is 17.3. The first-order valence-corrected chi connectivity index (χ1v) is 5.49. The molecule has 4 heteroatoms. The van der Waals surface area contributed by atoms with Crippen molar-refractivity contribution in [2.45, 2.75) is 31.8 Å². The third kappa shape index (κ3) is 2.31. The largest absolute Gasteiger partial charge is 0.489 e. The lowest BCUT2D eigenvalue weighted by Gasteiger charge is -2.12. The fraction of sp³-hybridized carbons (Fsp3) is 0.500. The molecule has 2 nitrogen and oxygen atoms in total. The zero-order chi connectivity index (χ0) is 9.97. The highest BCUT2D eigenvalue weighted by Crippen LogP contribution is 2.27. The number of pyridine rings is 1. The molecule has 0 aromatic carbocycles. The molecule has 1 saturated carbocycles. The molecule has 0 unspecified atom stereocenters. The highest BCUT2D eigenvalue weighted by Gasteiger charge is 2.16. The third-order valence-corrected chi connectivity index (χ3v) is 3.06. The van der Waals surface area contributed by atoms with Crippen LogP contribution in [-0.2, 0) is 0 Å². The van der Waals surface area contributed by atoms with Gasteiger partial charge in [-0.05, 0) is 25.7 Å². The van der Waals surface area contributed by atoms with Crippen LogP contribution in [0.4, 0.5) is 0 Å². The Labute approximate surface area is 93.2 Å². The number of ether oxygens (including phenoxy) is 1. The van der Waals surface area contributed by atoms with Crippen LogP contribution in [0.25, 0.3) is 0 Å². The summed E-state index contributed by atoms with van der Waals surface area (Å²) in [6.45, 7) is 0. The van der Waals surface area contributed by atoms with Gasteiger partial charge in [0.25, 0.3) is 0 Å². The number of hydrogen-bond acceptors (Lipinski definition) is 2. The van der Waals surface area contributed by atoms with Gasteiger partial charge in [0.2, 0.25) is 0 Å². The highest BCUT2D eigenvalue weighted by molar-refractivity contribution is 6.41. The van der Waals surface area contributed by atoms with Crippen LogP contribution in [0.5, 0.6) is 5.75 Å². The molecule has 1 aliphatic carbocycles. The maximum absolute atomic E-state index is 5.82. The van der Waals surface area contributed by atoms with E-state index in [0.717, 1.165) is 12.8 Å². The number of aromatic nitrogens is 1. The zero-order valence-electron chi connectivity index (χ0n) is 7.67. The Morgan fingerprint density at radius 3 is 2.64 bits per heavy atom. The van der Waals surface area contributed by atoms with Crippen LogP contribution < -0.4 is 4.74 Å². The molecule has 0 aliphatic heterocycles. The first kappa shape index (κ1) is 10.1. The number of hydrogen-bond donors (Lipinski definition) is 0. The number of rotatable bonds is 2. The summed E-state index contributed by atoms with van der Waals surface area (Å²) in [6, 6.07) is 1.72. The van der Waals surface area contributed by atoms with Crippen molar-refractivity contribution in [3.63, 3.8) is 0 Å². The van der Waals surface area contributed by atoms with E-state index in [1.807, 2.05) is 0 Å². The van der Waals surface area contributed by atoms with Gasteiger partial charge in [0.05, 0.1) is 17.3 Å². The fourth-order valence-electron chi connectivity index (χ4n) is 1.67. The molecule has 0 spiro atoms. The summed E-state index contributed by atoms with van der Waals surface area (Å²) in [6.07, 6.45) is 6.69. The van der Waals surface area contributed by atoms with Gasteiger partial charge in [0.15, 0.2) is 0 Å². The molecule has 1 aromatic heterocycles. The Hall–Kier alpha value is -0.470. The van der Waals surface area contributed by atoms with E-state index in [0.29, 0.717) is 22.0 Å². The SMILES string of the molecule is Clc1cc(OC2CCCC2)cnc1Cl. The van der Waals surface area contributed by atoms with Crippen LogP contribution in [-0.4, -0.2) is 11.1 Å². The average Bonchev–Trinajstić information content (AvgIpc) is 2.64. The predicted octanol–water partition coefficient (Wildman–Crippen LogP) is 3.71. The summed E-state index contributed by atoms with van der Waals surface area (Å²) in [5, 5.41) is 0.771. The fourth-order valence-corrected chi connectivity index (χ4v) is 1.93. The second-order valence-electron chi connectivity index (χ2n) is 3.47. The average molecular weight is 232 g/mol. The van der Waals surface area contributed by atoms with Crippen molar-refractivity contribution in [1.82, 2.24) is 4.98 Å². The quantitative estimate of drug-likeness (QED) is 0.725. The molecular weight excluding hydrogens is 221 g/mol. The summed E-state index contributed by atoms with van der Waals surface area (Å²) in [4.78, 5) is 3.93. The van der Waals surface area contributed by atoms with E-state index in [2.05, 4.69) is 4.98 Å². The summed E-state index contributed by atoms with van der Waals surface area (Å²) in [5.41, 5.74) is 0. The molecule has 1 aliphatic rings. The van der Waals surface area contributed by atoms with E-state index in [1.165, 1.54) is 12.8 Å². The van der Waals surface area contributed by atoms with E-state index < -0.39 is 0 Å². The van der Waals surface area contributed by atoms with Crippen molar-refractivity contribution in [2.75, 3.05) is 0 Å². The minimum atomic E-state index is 0.324. The van der Waals surface area contributed by atoms with Crippen LogP contribution in [0.15, 0.2) is 12.3 Å². The standard InChI is InChI=1S/C10H11Cl2NO/c11-9-5-8(6-13-10(9)12)14-7-3-1-2-4-7/h5-7H,1-4H2. The van der Waals surface area contributed by atoms with Gasteiger partial charge in [0, 0.05) is 6.07 Å². The van der Waals surface area contributed by atoms with Crippen molar-refractivity contribution < 1.29 is 4.74 Å². The highest BCUT2D eigenvalue weighted by atomic mass is 35.5. The Kier molecular flexibility index (Phi) is 3.14. The molecule has 0 radical (unpaired) electrons.